The number of rotatable bonds is 9. The summed E-state index contributed by atoms with van der Waals surface area (Å²) in [5, 5.41) is 6.44. The van der Waals surface area contributed by atoms with Crippen LogP contribution in [0.2, 0.25) is 0 Å². The molecule has 0 radical (unpaired) electrons. The van der Waals surface area contributed by atoms with Crippen molar-refractivity contribution in [1.82, 2.24) is 10.2 Å². The number of hydrogen-bond donors (Lipinski definition) is 2. The fourth-order valence-corrected chi connectivity index (χ4v) is 7.05. The zero-order valence-electron chi connectivity index (χ0n) is 24.2. The standard InChI is InChI=1S/C35H26BrN3O6S/c36-21-10-8-20(9-11-21)32-31(24-4-1-2-7-28(24)46-32)45-23-14-12-22(13-15-23)44-19-18-37-26-6-3-5-25-30(26)35(43)39(34(25)42)27-16-17-29(40)38-33(27)41/h1-15,27,37H,16-19H2,(H,38,40,41). The molecule has 1 unspecified atom stereocenters. The lowest BCUT2D eigenvalue weighted by molar-refractivity contribution is -0.136. The summed E-state index contributed by atoms with van der Waals surface area (Å²) < 4.78 is 14.5. The maximum absolute atomic E-state index is 13.3. The van der Waals surface area contributed by atoms with Gasteiger partial charge in [0.15, 0.2) is 5.75 Å². The quantitative estimate of drug-likeness (QED) is 0.126. The molecule has 0 aliphatic carbocycles. The van der Waals surface area contributed by atoms with Crippen molar-refractivity contribution in [3.05, 3.63) is 107 Å². The van der Waals surface area contributed by atoms with Crippen LogP contribution < -0.4 is 20.1 Å². The number of piperidine rings is 1. The highest BCUT2D eigenvalue weighted by atomic mass is 79.9. The first-order chi connectivity index (χ1) is 22.4. The predicted octanol–water partition coefficient (Wildman–Crippen LogP) is 7.02. The molecule has 46 heavy (non-hydrogen) atoms. The average Bonchev–Trinajstić information content (AvgIpc) is 3.55. The SMILES string of the molecule is O=C1CCC(N2C(=O)c3cccc(NCCOc4ccc(Oc5c(-c6ccc(Br)cc6)sc6ccccc56)cc4)c3C2=O)C(=O)N1. The van der Waals surface area contributed by atoms with Gasteiger partial charge in [0.25, 0.3) is 11.8 Å². The van der Waals surface area contributed by atoms with E-state index in [4.69, 9.17) is 9.47 Å². The molecule has 2 aliphatic heterocycles. The Kier molecular flexibility index (Phi) is 8.02. The third-order valence-corrected chi connectivity index (χ3v) is 9.58. The minimum atomic E-state index is -1.01. The maximum atomic E-state index is 13.3. The van der Waals surface area contributed by atoms with Crippen molar-refractivity contribution < 1.29 is 28.7 Å². The van der Waals surface area contributed by atoms with Gasteiger partial charge in [-0.15, -0.1) is 11.3 Å². The molecule has 1 atom stereocenters. The molecule has 1 saturated heterocycles. The van der Waals surface area contributed by atoms with E-state index in [1.54, 1.807) is 29.5 Å². The van der Waals surface area contributed by atoms with E-state index >= 15 is 0 Å². The fraction of sp³-hybridized carbons (Fsp3) is 0.143. The van der Waals surface area contributed by atoms with E-state index in [0.29, 0.717) is 23.7 Å². The van der Waals surface area contributed by atoms with Gasteiger partial charge in [0.05, 0.1) is 16.0 Å². The number of amides is 4. The van der Waals surface area contributed by atoms with Crippen molar-refractivity contribution in [2.24, 2.45) is 0 Å². The van der Waals surface area contributed by atoms with Crippen LogP contribution in [0.3, 0.4) is 0 Å². The monoisotopic (exact) mass is 695 g/mol. The summed E-state index contributed by atoms with van der Waals surface area (Å²) in [5.41, 5.74) is 1.98. The summed E-state index contributed by atoms with van der Waals surface area (Å²) in [4.78, 5) is 52.3. The van der Waals surface area contributed by atoms with Crippen molar-refractivity contribution in [2.45, 2.75) is 18.9 Å². The number of thiophene rings is 1. The number of carbonyl (C=O) groups excluding carboxylic acids is 4. The van der Waals surface area contributed by atoms with Crippen molar-refractivity contribution >= 4 is 66.7 Å². The molecule has 2 aliphatic rings. The van der Waals surface area contributed by atoms with Crippen molar-refractivity contribution in [2.75, 3.05) is 18.5 Å². The van der Waals surface area contributed by atoms with Crippen LogP contribution in [0, 0.1) is 0 Å². The van der Waals surface area contributed by atoms with Gasteiger partial charge in [0.1, 0.15) is 24.1 Å². The first-order valence-corrected chi connectivity index (χ1v) is 16.2. The molecule has 4 amide bonds. The lowest BCUT2D eigenvalue weighted by Crippen LogP contribution is -2.54. The van der Waals surface area contributed by atoms with Gasteiger partial charge < -0.3 is 14.8 Å². The molecule has 7 rings (SSSR count). The highest BCUT2D eigenvalue weighted by Crippen LogP contribution is 2.46. The topological polar surface area (TPSA) is 114 Å². The molecule has 3 heterocycles. The van der Waals surface area contributed by atoms with Gasteiger partial charge in [-0.25, -0.2) is 0 Å². The zero-order chi connectivity index (χ0) is 31.8. The number of imide groups is 2. The van der Waals surface area contributed by atoms with E-state index in [2.05, 4.69) is 50.8 Å². The Morgan fingerprint density at radius 3 is 2.41 bits per heavy atom. The van der Waals surface area contributed by atoms with Gasteiger partial charge in [0, 0.05) is 33.2 Å². The lowest BCUT2D eigenvalue weighted by Gasteiger charge is -2.27. The van der Waals surface area contributed by atoms with Crippen molar-refractivity contribution in [3.63, 3.8) is 0 Å². The zero-order valence-corrected chi connectivity index (χ0v) is 26.7. The van der Waals surface area contributed by atoms with Crippen LogP contribution >= 0.6 is 27.3 Å². The van der Waals surface area contributed by atoms with Crippen LogP contribution in [0.1, 0.15) is 33.6 Å². The highest BCUT2D eigenvalue weighted by molar-refractivity contribution is 9.10. The number of nitrogens with zero attached hydrogens (tertiary/aromatic N) is 1. The second kappa shape index (κ2) is 12.4. The highest BCUT2D eigenvalue weighted by Gasteiger charge is 2.45. The summed E-state index contributed by atoms with van der Waals surface area (Å²) in [6, 6.07) is 27.7. The maximum Gasteiger partial charge on any atom is 0.264 e. The predicted molar refractivity (Wildman–Crippen MR) is 179 cm³/mol. The first-order valence-electron chi connectivity index (χ1n) is 14.6. The Bertz CT molecular complexity index is 2010. The Morgan fingerprint density at radius 1 is 0.870 bits per heavy atom. The number of carbonyl (C=O) groups is 4. The van der Waals surface area contributed by atoms with Crippen LogP contribution in [0.25, 0.3) is 20.5 Å². The number of benzene rings is 4. The van der Waals surface area contributed by atoms with Crippen LogP contribution in [0.5, 0.6) is 17.2 Å². The average molecular weight is 697 g/mol. The van der Waals surface area contributed by atoms with E-state index in [0.717, 1.165) is 35.6 Å². The number of ether oxygens (including phenoxy) is 2. The number of hydrogen-bond acceptors (Lipinski definition) is 8. The normalized spacial score (nSPS) is 16.0. The molecule has 1 aromatic heterocycles. The molecular weight excluding hydrogens is 670 g/mol. The van der Waals surface area contributed by atoms with Gasteiger partial charge in [0.2, 0.25) is 11.8 Å². The molecule has 0 bridgehead atoms. The summed E-state index contributed by atoms with van der Waals surface area (Å²) in [6.45, 7) is 0.637. The number of halogens is 1. The van der Waals surface area contributed by atoms with Crippen LogP contribution in [0.4, 0.5) is 5.69 Å². The fourth-order valence-electron chi connectivity index (χ4n) is 5.65. The molecule has 0 saturated carbocycles. The lowest BCUT2D eigenvalue weighted by atomic mass is 10.0. The molecule has 1 fully saturated rings. The number of fused-ring (bicyclic) bond motifs is 2. The molecule has 230 valence electrons. The van der Waals surface area contributed by atoms with Crippen molar-refractivity contribution in [1.29, 1.82) is 0 Å². The molecule has 0 spiro atoms. The Morgan fingerprint density at radius 2 is 1.63 bits per heavy atom. The van der Waals surface area contributed by atoms with Gasteiger partial charge >= 0.3 is 0 Å². The molecule has 5 aromatic rings. The largest absolute Gasteiger partial charge is 0.492 e. The van der Waals surface area contributed by atoms with Gasteiger partial charge in [-0.05, 0) is 72.6 Å². The van der Waals surface area contributed by atoms with Crippen LogP contribution in [-0.2, 0) is 9.59 Å². The van der Waals surface area contributed by atoms with Gasteiger partial charge in [-0.3, -0.25) is 29.4 Å². The summed E-state index contributed by atoms with van der Waals surface area (Å²) in [5.74, 6) is -0.0302. The molecule has 9 nitrogen and oxygen atoms in total. The number of anilines is 1. The summed E-state index contributed by atoms with van der Waals surface area (Å²) in [7, 11) is 0. The van der Waals surface area contributed by atoms with E-state index in [-0.39, 0.29) is 30.6 Å². The smallest absolute Gasteiger partial charge is 0.264 e. The van der Waals surface area contributed by atoms with Gasteiger partial charge in [-0.2, -0.15) is 0 Å². The van der Waals surface area contributed by atoms with E-state index in [9.17, 15) is 19.2 Å². The van der Waals surface area contributed by atoms with Crippen LogP contribution in [-0.4, -0.2) is 47.7 Å². The molecule has 11 heteroatoms. The molecular formula is C35H26BrN3O6S. The summed E-state index contributed by atoms with van der Waals surface area (Å²) in [6.07, 6.45) is 0.171. The second-order valence-electron chi connectivity index (χ2n) is 10.8. The van der Waals surface area contributed by atoms with E-state index in [1.165, 1.54) is 0 Å². The Balaban J connectivity index is 0.995. The third kappa shape index (κ3) is 5.63. The Hall–Kier alpha value is -5.00. The minimum Gasteiger partial charge on any atom is -0.492 e. The summed E-state index contributed by atoms with van der Waals surface area (Å²) >= 11 is 5.20. The Labute approximate surface area is 276 Å². The minimum absolute atomic E-state index is 0.0668. The van der Waals surface area contributed by atoms with Crippen molar-refractivity contribution in [3.8, 4) is 27.7 Å². The molecule has 2 N–H and O–H groups in total. The third-order valence-electron chi connectivity index (χ3n) is 7.85. The van der Waals surface area contributed by atoms with Crippen LogP contribution in [0.15, 0.2) is 95.5 Å². The molecule has 4 aromatic carbocycles. The van der Waals surface area contributed by atoms with Gasteiger partial charge in [-0.1, -0.05) is 46.3 Å². The van der Waals surface area contributed by atoms with E-state index < -0.39 is 29.7 Å². The van der Waals surface area contributed by atoms with E-state index in [1.807, 2.05) is 48.5 Å². The number of nitrogens with one attached hydrogen (secondary N) is 2. The second-order valence-corrected chi connectivity index (χ2v) is 12.8. The first kappa shape index (κ1) is 29.7.